The molecule has 0 spiro atoms. The molecule has 0 amide bonds. The van der Waals surface area contributed by atoms with E-state index in [1.807, 2.05) is 0 Å². The van der Waals surface area contributed by atoms with Gasteiger partial charge in [-0.2, -0.15) is 0 Å². The van der Waals surface area contributed by atoms with Gasteiger partial charge in [0.25, 0.3) is 0 Å². The van der Waals surface area contributed by atoms with Crippen molar-refractivity contribution in [3.05, 3.63) is 70.8 Å². The standard InChI is InChI=1S/C21H22/c1-3-9-16-14(7-1)13-15-8-2-4-10-17(15)20(16)21-18-11-5-6-12-19(18)21/h1-4,7-10,18-21H,5-6,11-13H2. The Hall–Kier alpha value is -1.56. The molecule has 0 N–H and O–H groups in total. The highest BCUT2D eigenvalue weighted by Crippen LogP contribution is 2.63. The van der Waals surface area contributed by atoms with Crippen molar-refractivity contribution in [1.29, 1.82) is 0 Å². The maximum atomic E-state index is 2.40. The first kappa shape index (κ1) is 12.0. The molecule has 5 rings (SSSR count). The van der Waals surface area contributed by atoms with E-state index in [1.165, 1.54) is 25.7 Å². The van der Waals surface area contributed by atoms with Crippen molar-refractivity contribution in [3.8, 4) is 0 Å². The van der Waals surface area contributed by atoms with Crippen LogP contribution in [-0.4, -0.2) is 0 Å². The molecule has 106 valence electrons. The van der Waals surface area contributed by atoms with E-state index < -0.39 is 0 Å². The second-order valence-electron chi connectivity index (χ2n) is 7.24. The zero-order chi connectivity index (χ0) is 13.8. The van der Waals surface area contributed by atoms with Crippen molar-refractivity contribution in [2.75, 3.05) is 0 Å². The minimum atomic E-state index is 0.680. The van der Waals surface area contributed by atoms with Gasteiger partial charge in [0, 0.05) is 5.92 Å². The van der Waals surface area contributed by atoms with E-state index in [9.17, 15) is 0 Å². The first-order chi connectivity index (χ1) is 10.4. The van der Waals surface area contributed by atoms with Crippen molar-refractivity contribution in [2.45, 2.75) is 38.0 Å². The highest BCUT2D eigenvalue weighted by atomic mass is 14.6. The second-order valence-corrected chi connectivity index (χ2v) is 7.24. The van der Waals surface area contributed by atoms with Gasteiger partial charge in [0.05, 0.1) is 0 Å². The minimum absolute atomic E-state index is 0.680. The summed E-state index contributed by atoms with van der Waals surface area (Å²) in [4.78, 5) is 0. The Morgan fingerprint density at radius 2 is 1.19 bits per heavy atom. The Labute approximate surface area is 127 Å². The van der Waals surface area contributed by atoms with Crippen LogP contribution in [0.2, 0.25) is 0 Å². The van der Waals surface area contributed by atoms with Crippen LogP contribution in [0.25, 0.3) is 0 Å². The lowest BCUT2D eigenvalue weighted by molar-refractivity contribution is 0.480. The van der Waals surface area contributed by atoms with E-state index in [1.54, 1.807) is 22.3 Å². The Kier molecular flexibility index (Phi) is 2.56. The summed E-state index contributed by atoms with van der Waals surface area (Å²) in [6.45, 7) is 0. The van der Waals surface area contributed by atoms with Gasteiger partial charge in [-0.05, 0) is 59.3 Å². The van der Waals surface area contributed by atoms with Gasteiger partial charge in [-0.15, -0.1) is 0 Å². The molecule has 2 fully saturated rings. The highest BCUT2D eigenvalue weighted by Gasteiger charge is 2.55. The summed E-state index contributed by atoms with van der Waals surface area (Å²) in [5, 5.41) is 0. The topological polar surface area (TPSA) is 0 Å². The predicted molar refractivity (Wildman–Crippen MR) is 86.5 cm³/mol. The fourth-order valence-electron chi connectivity index (χ4n) is 5.33. The summed E-state index contributed by atoms with van der Waals surface area (Å²) < 4.78 is 0. The Morgan fingerprint density at radius 1 is 0.667 bits per heavy atom. The van der Waals surface area contributed by atoms with Crippen LogP contribution in [0, 0.1) is 17.8 Å². The lowest BCUT2D eigenvalue weighted by Crippen LogP contribution is -2.16. The maximum absolute atomic E-state index is 2.40. The molecule has 21 heavy (non-hydrogen) atoms. The van der Waals surface area contributed by atoms with Crippen LogP contribution in [0.1, 0.15) is 53.9 Å². The summed E-state index contributed by atoms with van der Waals surface area (Å²) >= 11 is 0. The predicted octanol–water partition coefficient (Wildman–Crippen LogP) is 5.16. The molecule has 2 unspecified atom stereocenters. The molecule has 0 heteroatoms. The summed E-state index contributed by atoms with van der Waals surface area (Å²) in [5.41, 5.74) is 6.42. The van der Waals surface area contributed by atoms with Gasteiger partial charge in [-0.1, -0.05) is 61.4 Å². The smallest absolute Gasteiger partial charge is 0.0129 e. The third-order valence-electron chi connectivity index (χ3n) is 6.27. The molecule has 2 saturated carbocycles. The second kappa shape index (κ2) is 4.47. The lowest BCUT2D eigenvalue weighted by atomic mass is 9.75. The zero-order valence-corrected chi connectivity index (χ0v) is 12.5. The third-order valence-corrected chi connectivity index (χ3v) is 6.27. The van der Waals surface area contributed by atoms with Crippen molar-refractivity contribution in [3.63, 3.8) is 0 Å². The van der Waals surface area contributed by atoms with Crippen molar-refractivity contribution >= 4 is 0 Å². The van der Waals surface area contributed by atoms with E-state index >= 15 is 0 Å². The number of rotatable bonds is 1. The Morgan fingerprint density at radius 3 is 1.76 bits per heavy atom. The average molecular weight is 274 g/mol. The van der Waals surface area contributed by atoms with Gasteiger partial charge in [0.15, 0.2) is 0 Å². The minimum Gasteiger partial charge on any atom is -0.0620 e. The monoisotopic (exact) mass is 274 g/mol. The van der Waals surface area contributed by atoms with E-state index in [0.29, 0.717) is 5.92 Å². The average Bonchev–Trinajstić information content (AvgIpc) is 3.26. The van der Waals surface area contributed by atoms with Crippen molar-refractivity contribution in [1.82, 2.24) is 0 Å². The van der Waals surface area contributed by atoms with Crippen molar-refractivity contribution < 1.29 is 0 Å². The van der Waals surface area contributed by atoms with Crippen LogP contribution >= 0.6 is 0 Å². The fraction of sp³-hybridized carbons (Fsp3) is 0.429. The number of fused-ring (bicyclic) bond motifs is 3. The number of hydrogen-bond acceptors (Lipinski definition) is 0. The molecule has 3 aliphatic rings. The Bertz CT molecular complexity index is 626. The molecule has 2 atom stereocenters. The summed E-state index contributed by atoms with van der Waals surface area (Å²) in [6.07, 6.45) is 7.03. The van der Waals surface area contributed by atoms with Gasteiger partial charge in [0.1, 0.15) is 0 Å². The summed E-state index contributed by atoms with van der Waals surface area (Å²) in [5.74, 6) is 3.64. The van der Waals surface area contributed by atoms with Gasteiger partial charge in [0.2, 0.25) is 0 Å². The van der Waals surface area contributed by atoms with Gasteiger partial charge in [-0.25, -0.2) is 0 Å². The summed E-state index contributed by atoms with van der Waals surface area (Å²) in [6, 6.07) is 18.4. The van der Waals surface area contributed by atoms with Crippen LogP contribution in [-0.2, 0) is 6.42 Å². The number of benzene rings is 2. The molecule has 0 heterocycles. The van der Waals surface area contributed by atoms with E-state index in [0.717, 1.165) is 24.2 Å². The molecule has 0 aliphatic heterocycles. The zero-order valence-electron chi connectivity index (χ0n) is 12.5. The molecular formula is C21H22. The molecular weight excluding hydrogens is 252 g/mol. The molecule has 3 aliphatic carbocycles. The Balaban J connectivity index is 1.64. The molecule has 0 nitrogen and oxygen atoms in total. The van der Waals surface area contributed by atoms with Crippen LogP contribution in [0.15, 0.2) is 48.5 Å². The fourth-order valence-corrected chi connectivity index (χ4v) is 5.33. The number of hydrogen-bond donors (Lipinski definition) is 0. The van der Waals surface area contributed by atoms with Crippen LogP contribution in [0.3, 0.4) is 0 Å². The SMILES string of the molecule is c1ccc2c(c1)Cc1ccccc1C2C1C2CCCCC21. The first-order valence-electron chi connectivity index (χ1n) is 8.59. The molecule has 2 aromatic carbocycles. The lowest BCUT2D eigenvalue weighted by Gasteiger charge is -2.29. The van der Waals surface area contributed by atoms with E-state index in [-0.39, 0.29) is 0 Å². The molecule has 0 aromatic heterocycles. The quantitative estimate of drug-likeness (QED) is 0.674. The first-order valence-corrected chi connectivity index (χ1v) is 8.59. The third kappa shape index (κ3) is 1.75. The molecule has 0 radical (unpaired) electrons. The molecule has 2 aromatic rings. The molecule has 0 saturated heterocycles. The highest BCUT2D eigenvalue weighted by molar-refractivity contribution is 5.50. The van der Waals surface area contributed by atoms with Crippen LogP contribution in [0.5, 0.6) is 0 Å². The van der Waals surface area contributed by atoms with Crippen molar-refractivity contribution in [2.24, 2.45) is 17.8 Å². The van der Waals surface area contributed by atoms with Crippen LogP contribution < -0.4 is 0 Å². The largest absolute Gasteiger partial charge is 0.0620 e. The molecule has 0 bridgehead atoms. The normalized spacial score (nSPS) is 30.2. The van der Waals surface area contributed by atoms with E-state index in [4.69, 9.17) is 0 Å². The van der Waals surface area contributed by atoms with Crippen LogP contribution in [0.4, 0.5) is 0 Å². The van der Waals surface area contributed by atoms with E-state index in [2.05, 4.69) is 48.5 Å². The summed E-state index contributed by atoms with van der Waals surface area (Å²) in [7, 11) is 0. The van der Waals surface area contributed by atoms with Gasteiger partial charge in [-0.3, -0.25) is 0 Å². The van der Waals surface area contributed by atoms with Gasteiger partial charge >= 0.3 is 0 Å². The van der Waals surface area contributed by atoms with Gasteiger partial charge < -0.3 is 0 Å². The maximum Gasteiger partial charge on any atom is 0.0129 e.